The molecule has 3 amide bonds. The summed E-state index contributed by atoms with van der Waals surface area (Å²) in [5.41, 5.74) is 5.00. The molecule has 0 aromatic rings. The smallest absolute Gasteiger partial charge is 0.318 e. The molecule has 1 unspecified atom stereocenters. The second-order valence-electron chi connectivity index (χ2n) is 3.76. The minimum atomic E-state index is -0.907. The Kier molecular flexibility index (Phi) is 6.69. The monoisotopic (exact) mass is 245 g/mol. The molecule has 0 bridgehead atoms. The molecule has 0 aliphatic rings. The molecule has 17 heavy (non-hydrogen) atoms. The van der Waals surface area contributed by atoms with Gasteiger partial charge in [-0.25, -0.2) is 4.79 Å². The van der Waals surface area contributed by atoms with Crippen LogP contribution in [0, 0.1) is 0 Å². The average Bonchev–Trinajstić information content (AvgIpc) is 2.22. The van der Waals surface area contributed by atoms with Crippen molar-refractivity contribution in [2.75, 3.05) is 13.1 Å². The molecule has 0 radical (unpaired) electrons. The Morgan fingerprint density at radius 2 is 2.00 bits per heavy atom. The van der Waals surface area contributed by atoms with Gasteiger partial charge in [0, 0.05) is 19.0 Å². The Balaban J connectivity index is 4.11. The molecule has 0 aliphatic heterocycles. The number of carboxylic acid groups (broad SMARTS) is 1. The summed E-state index contributed by atoms with van der Waals surface area (Å²) in [7, 11) is 0. The van der Waals surface area contributed by atoms with E-state index in [1.54, 1.807) is 13.8 Å². The molecule has 0 aromatic heterocycles. The highest BCUT2D eigenvalue weighted by Gasteiger charge is 2.16. The first-order chi connectivity index (χ1) is 7.86. The fourth-order valence-electron chi connectivity index (χ4n) is 1.23. The van der Waals surface area contributed by atoms with Crippen molar-refractivity contribution < 1.29 is 19.5 Å². The van der Waals surface area contributed by atoms with E-state index in [1.165, 1.54) is 4.90 Å². The number of nitrogens with one attached hydrogen (secondary N) is 1. The number of urea groups is 1. The van der Waals surface area contributed by atoms with Gasteiger partial charge in [-0.15, -0.1) is 0 Å². The molecule has 0 rings (SSSR count). The van der Waals surface area contributed by atoms with Crippen molar-refractivity contribution in [3.8, 4) is 0 Å². The second kappa shape index (κ2) is 7.48. The van der Waals surface area contributed by atoms with Gasteiger partial charge in [0.05, 0.1) is 0 Å². The second-order valence-corrected chi connectivity index (χ2v) is 3.76. The van der Waals surface area contributed by atoms with Crippen LogP contribution in [0.1, 0.15) is 26.7 Å². The Morgan fingerprint density at radius 1 is 1.41 bits per heavy atom. The van der Waals surface area contributed by atoms with Crippen LogP contribution >= 0.6 is 0 Å². The predicted molar refractivity (Wildman–Crippen MR) is 61.3 cm³/mol. The zero-order chi connectivity index (χ0) is 13.4. The minimum Gasteiger partial charge on any atom is -0.481 e. The van der Waals surface area contributed by atoms with Crippen LogP contribution in [0.15, 0.2) is 0 Å². The van der Waals surface area contributed by atoms with Gasteiger partial charge in [0.1, 0.15) is 6.54 Å². The van der Waals surface area contributed by atoms with Crippen molar-refractivity contribution in [2.45, 2.75) is 32.7 Å². The number of amides is 3. The number of hydrogen-bond donors (Lipinski definition) is 3. The zero-order valence-corrected chi connectivity index (χ0v) is 10.1. The van der Waals surface area contributed by atoms with Gasteiger partial charge in [-0.3, -0.25) is 9.59 Å². The van der Waals surface area contributed by atoms with Crippen LogP contribution in [0.25, 0.3) is 0 Å². The van der Waals surface area contributed by atoms with Crippen molar-refractivity contribution >= 4 is 17.9 Å². The van der Waals surface area contributed by atoms with Gasteiger partial charge in [-0.2, -0.15) is 0 Å². The Bertz CT molecular complexity index is 293. The number of carbonyl (C=O) groups is 3. The summed E-state index contributed by atoms with van der Waals surface area (Å²) in [4.78, 5) is 33.9. The largest absolute Gasteiger partial charge is 0.481 e. The summed E-state index contributed by atoms with van der Waals surface area (Å²) in [5.74, 6) is -1.49. The molecule has 0 spiro atoms. The van der Waals surface area contributed by atoms with E-state index in [-0.39, 0.29) is 19.0 Å². The third kappa shape index (κ3) is 7.15. The molecule has 98 valence electrons. The molecule has 0 saturated heterocycles. The molecule has 4 N–H and O–H groups in total. The number of primary amides is 1. The van der Waals surface area contributed by atoms with E-state index in [0.717, 1.165) is 0 Å². The number of nitrogens with zero attached hydrogens (tertiary/aromatic N) is 1. The molecule has 0 aliphatic carbocycles. The Labute approximate surface area is 100.0 Å². The van der Waals surface area contributed by atoms with Crippen LogP contribution in [0.3, 0.4) is 0 Å². The summed E-state index contributed by atoms with van der Waals surface area (Å²) >= 11 is 0. The van der Waals surface area contributed by atoms with Crippen molar-refractivity contribution in [3.05, 3.63) is 0 Å². The molecule has 0 heterocycles. The van der Waals surface area contributed by atoms with Crippen molar-refractivity contribution in [2.24, 2.45) is 5.73 Å². The number of nitrogens with two attached hydrogens (primary N) is 1. The van der Waals surface area contributed by atoms with Gasteiger partial charge < -0.3 is 21.1 Å². The van der Waals surface area contributed by atoms with Gasteiger partial charge in [-0.1, -0.05) is 0 Å². The summed E-state index contributed by atoms with van der Waals surface area (Å²) in [6.07, 6.45) is 0.332. The van der Waals surface area contributed by atoms with Gasteiger partial charge in [0.15, 0.2) is 0 Å². The highest BCUT2D eigenvalue weighted by molar-refractivity contribution is 5.83. The SMILES string of the molecule is CCN(CC(N)=O)C(=O)NC(C)CCC(=O)O. The van der Waals surface area contributed by atoms with E-state index in [4.69, 9.17) is 10.8 Å². The van der Waals surface area contributed by atoms with Crippen molar-refractivity contribution in [1.29, 1.82) is 0 Å². The Morgan fingerprint density at radius 3 is 2.41 bits per heavy atom. The summed E-state index contributed by atoms with van der Waals surface area (Å²) in [5, 5.41) is 11.1. The maximum atomic E-state index is 11.6. The molecule has 7 nitrogen and oxygen atoms in total. The highest BCUT2D eigenvalue weighted by Crippen LogP contribution is 1.98. The molecular formula is C10H19N3O4. The van der Waals surface area contributed by atoms with Crippen LogP contribution in [-0.4, -0.2) is 47.0 Å². The van der Waals surface area contributed by atoms with Gasteiger partial charge in [-0.05, 0) is 20.3 Å². The van der Waals surface area contributed by atoms with E-state index >= 15 is 0 Å². The number of rotatable bonds is 7. The fourth-order valence-corrected chi connectivity index (χ4v) is 1.23. The van der Waals surface area contributed by atoms with Gasteiger partial charge in [0.25, 0.3) is 0 Å². The normalized spacial score (nSPS) is 11.6. The first-order valence-corrected chi connectivity index (χ1v) is 5.42. The van der Waals surface area contributed by atoms with E-state index < -0.39 is 17.9 Å². The highest BCUT2D eigenvalue weighted by atomic mass is 16.4. The summed E-state index contributed by atoms with van der Waals surface area (Å²) < 4.78 is 0. The summed E-state index contributed by atoms with van der Waals surface area (Å²) in [6, 6.07) is -0.676. The van der Waals surface area contributed by atoms with E-state index in [9.17, 15) is 14.4 Å². The third-order valence-electron chi connectivity index (χ3n) is 2.18. The lowest BCUT2D eigenvalue weighted by molar-refractivity contribution is -0.137. The molecule has 1 atom stereocenters. The van der Waals surface area contributed by atoms with E-state index in [1.807, 2.05) is 0 Å². The maximum Gasteiger partial charge on any atom is 0.318 e. The first kappa shape index (κ1) is 15.2. The summed E-state index contributed by atoms with van der Waals surface area (Å²) in [6.45, 7) is 3.65. The topological polar surface area (TPSA) is 113 Å². The van der Waals surface area contributed by atoms with Crippen LogP contribution in [-0.2, 0) is 9.59 Å². The molecule has 0 saturated carbocycles. The quantitative estimate of drug-likeness (QED) is 0.574. The fraction of sp³-hybridized carbons (Fsp3) is 0.700. The average molecular weight is 245 g/mol. The van der Waals surface area contributed by atoms with Crippen LogP contribution in [0.4, 0.5) is 4.79 Å². The Hall–Kier alpha value is -1.79. The number of carboxylic acids is 1. The number of carbonyl (C=O) groups excluding carboxylic acids is 2. The lowest BCUT2D eigenvalue weighted by atomic mass is 10.2. The third-order valence-corrected chi connectivity index (χ3v) is 2.18. The predicted octanol–water partition coefficient (Wildman–Crippen LogP) is -0.243. The zero-order valence-electron chi connectivity index (χ0n) is 10.1. The molecule has 0 fully saturated rings. The molecular weight excluding hydrogens is 226 g/mol. The number of aliphatic carboxylic acids is 1. The maximum absolute atomic E-state index is 11.6. The minimum absolute atomic E-state index is 0.0105. The van der Waals surface area contributed by atoms with E-state index in [2.05, 4.69) is 5.32 Å². The van der Waals surface area contributed by atoms with Crippen LogP contribution in [0.5, 0.6) is 0 Å². The lowest BCUT2D eigenvalue weighted by Crippen LogP contribution is -2.47. The van der Waals surface area contributed by atoms with Gasteiger partial charge in [0.2, 0.25) is 5.91 Å². The lowest BCUT2D eigenvalue weighted by Gasteiger charge is -2.22. The first-order valence-electron chi connectivity index (χ1n) is 5.42. The van der Waals surface area contributed by atoms with E-state index in [0.29, 0.717) is 13.0 Å². The van der Waals surface area contributed by atoms with Crippen LogP contribution < -0.4 is 11.1 Å². The molecule has 0 aromatic carbocycles. The van der Waals surface area contributed by atoms with Gasteiger partial charge >= 0.3 is 12.0 Å². The van der Waals surface area contributed by atoms with Crippen LogP contribution in [0.2, 0.25) is 0 Å². The number of likely N-dealkylation sites (N-methyl/N-ethyl adjacent to an activating group) is 1. The standard InChI is InChI=1S/C10H19N3O4/c1-3-13(6-8(11)14)10(17)12-7(2)4-5-9(15)16/h7H,3-6H2,1-2H3,(H2,11,14)(H,12,17)(H,15,16). The number of hydrogen-bond acceptors (Lipinski definition) is 3. The van der Waals surface area contributed by atoms with Crippen molar-refractivity contribution in [1.82, 2.24) is 10.2 Å². The van der Waals surface area contributed by atoms with Crippen molar-refractivity contribution in [3.63, 3.8) is 0 Å². The molecule has 7 heteroatoms.